The maximum absolute atomic E-state index is 12.7. The predicted molar refractivity (Wildman–Crippen MR) is 119 cm³/mol. The lowest BCUT2D eigenvalue weighted by Crippen LogP contribution is -2.11. The summed E-state index contributed by atoms with van der Waals surface area (Å²) in [5, 5.41) is 2.84. The highest BCUT2D eigenvalue weighted by Crippen LogP contribution is 2.29. The first kappa shape index (κ1) is 21.5. The van der Waals surface area contributed by atoms with Crippen LogP contribution in [0, 0.1) is 34.6 Å². The van der Waals surface area contributed by atoms with E-state index in [0.29, 0.717) is 23.6 Å². The van der Waals surface area contributed by atoms with E-state index in [1.165, 1.54) is 33.4 Å². The molecular weight excluding hydrogens is 378 g/mol. The van der Waals surface area contributed by atoms with Crippen molar-refractivity contribution >= 4 is 11.6 Å². The van der Waals surface area contributed by atoms with Crippen molar-refractivity contribution in [1.29, 1.82) is 0 Å². The Morgan fingerprint density at radius 3 is 1.90 bits per heavy atom. The minimum absolute atomic E-state index is 0.266. The zero-order valence-corrected chi connectivity index (χ0v) is 18.7. The molecule has 0 spiro atoms. The Labute approximate surface area is 178 Å². The fourth-order valence-corrected chi connectivity index (χ4v) is 3.68. The summed E-state index contributed by atoms with van der Waals surface area (Å²) in [5.41, 5.74) is 8.35. The van der Waals surface area contributed by atoms with Crippen molar-refractivity contribution in [2.45, 2.75) is 41.0 Å². The van der Waals surface area contributed by atoms with E-state index in [1.807, 2.05) is 6.07 Å². The minimum Gasteiger partial charge on any atom is -0.497 e. The topological polar surface area (TPSA) is 60.7 Å². The quantitative estimate of drug-likeness (QED) is 0.571. The van der Waals surface area contributed by atoms with E-state index in [2.05, 4.69) is 39.9 Å². The van der Waals surface area contributed by atoms with Gasteiger partial charge in [0.2, 0.25) is 0 Å². The number of hydrogen-bond donors (Lipinski definition) is 1. The van der Waals surface area contributed by atoms with Crippen LogP contribution in [0.3, 0.4) is 0 Å². The highest BCUT2D eigenvalue weighted by molar-refractivity contribution is 6.02. The molecule has 0 radical (unpaired) electrons. The third-order valence-corrected chi connectivity index (χ3v) is 6.00. The van der Waals surface area contributed by atoms with Crippen LogP contribution in [-0.4, -0.2) is 20.1 Å². The molecule has 0 unspecified atom stereocenters. The average Bonchev–Trinajstić information content (AvgIpc) is 3.22. The zero-order chi connectivity index (χ0) is 22.0. The van der Waals surface area contributed by atoms with Gasteiger partial charge in [-0.05, 0) is 80.1 Å². The second-order valence-electron chi connectivity index (χ2n) is 7.60. The van der Waals surface area contributed by atoms with E-state index in [1.54, 1.807) is 38.5 Å². The number of nitrogens with one attached hydrogen (secondary N) is 1. The number of methoxy groups -OCH3 is 2. The molecule has 0 aliphatic heterocycles. The monoisotopic (exact) mass is 407 g/mol. The number of furan rings is 1. The number of anilines is 1. The third-order valence-electron chi connectivity index (χ3n) is 6.00. The van der Waals surface area contributed by atoms with Gasteiger partial charge in [-0.3, -0.25) is 4.79 Å². The van der Waals surface area contributed by atoms with E-state index in [4.69, 9.17) is 13.9 Å². The van der Waals surface area contributed by atoms with Gasteiger partial charge in [-0.25, -0.2) is 0 Å². The molecule has 2 aromatic carbocycles. The Bertz CT molecular complexity index is 1040. The molecule has 0 aliphatic carbocycles. The second-order valence-corrected chi connectivity index (χ2v) is 7.60. The third kappa shape index (κ3) is 4.20. The summed E-state index contributed by atoms with van der Waals surface area (Å²) >= 11 is 0. The first-order chi connectivity index (χ1) is 14.2. The Hall–Kier alpha value is -3.21. The van der Waals surface area contributed by atoms with Gasteiger partial charge in [0.25, 0.3) is 5.91 Å². The van der Waals surface area contributed by atoms with Crippen LogP contribution in [0.25, 0.3) is 0 Å². The maximum Gasteiger partial charge on any atom is 0.291 e. The molecule has 0 atom stereocenters. The lowest BCUT2D eigenvalue weighted by atomic mass is 9.88. The number of hydrogen-bond acceptors (Lipinski definition) is 4. The first-order valence-electron chi connectivity index (χ1n) is 9.94. The number of benzene rings is 2. The van der Waals surface area contributed by atoms with Crippen LogP contribution in [-0.2, 0) is 6.42 Å². The Morgan fingerprint density at radius 1 is 0.833 bits per heavy atom. The summed E-state index contributed by atoms with van der Waals surface area (Å²) in [4.78, 5) is 12.7. The molecule has 0 saturated heterocycles. The van der Waals surface area contributed by atoms with Gasteiger partial charge >= 0.3 is 0 Å². The fraction of sp³-hybridized carbons (Fsp3) is 0.320. The van der Waals surface area contributed by atoms with Gasteiger partial charge in [0.05, 0.1) is 14.2 Å². The molecule has 158 valence electrons. The van der Waals surface area contributed by atoms with E-state index < -0.39 is 0 Å². The summed E-state index contributed by atoms with van der Waals surface area (Å²) in [5.74, 6) is 1.91. The van der Waals surface area contributed by atoms with Crippen molar-refractivity contribution < 1.29 is 18.7 Å². The maximum atomic E-state index is 12.7. The number of ether oxygens (including phenoxy) is 2. The van der Waals surface area contributed by atoms with Gasteiger partial charge < -0.3 is 19.2 Å². The van der Waals surface area contributed by atoms with Crippen LogP contribution in [0.4, 0.5) is 5.69 Å². The predicted octanol–water partition coefficient (Wildman–Crippen LogP) is 5.68. The van der Waals surface area contributed by atoms with E-state index in [0.717, 1.165) is 5.76 Å². The summed E-state index contributed by atoms with van der Waals surface area (Å²) in [6.07, 6.45) is 0.653. The molecule has 3 aromatic rings. The standard InChI is InChI=1S/C25H29NO4/c1-14-15(2)17(4)23(18(5)16(14)3)13-20-8-9-24(30-20)25(27)26-19-10-21(28-6)12-22(11-19)29-7/h8-12H,13H2,1-7H3,(H,26,27). The van der Waals surface area contributed by atoms with Crippen molar-refractivity contribution in [1.82, 2.24) is 0 Å². The smallest absolute Gasteiger partial charge is 0.291 e. The molecule has 0 aliphatic rings. The summed E-state index contributed by atoms with van der Waals surface area (Å²) < 4.78 is 16.4. The molecule has 0 fully saturated rings. The lowest BCUT2D eigenvalue weighted by molar-refractivity contribution is 0.0995. The Balaban J connectivity index is 1.82. The van der Waals surface area contributed by atoms with Gasteiger partial charge in [0.15, 0.2) is 5.76 Å². The zero-order valence-electron chi connectivity index (χ0n) is 18.7. The van der Waals surface area contributed by atoms with E-state index in [9.17, 15) is 4.79 Å². The molecule has 1 N–H and O–H groups in total. The normalized spacial score (nSPS) is 10.8. The Kier molecular flexibility index (Phi) is 6.20. The Morgan fingerprint density at radius 2 is 1.37 bits per heavy atom. The van der Waals surface area contributed by atoms with E-state index in [-0.39, 0.29) is 11.7 Å². The summed E-state index contributed by atoms with van der Waals surface area (Å²) in [7, 11) is 3.13. The molecule has 1 aromatic heterocycles. The van der Waals surface area contributed by atoms with Gasteiger partial charge in [-0.15, -0.1) is 0 Å². The van der Waals surface area contributed by atoms with Gasteiger partial charge in [0.1, 0.15) is 17.3 Å². The average molecular weight is 408 g/mol. The SMILES string of the molecule is COc1cc(NC(=O)c2ccc(Cc3c(C)c(C)c(C)c(C)c3C)o2)cc(OC)c1. The van der Waals surface area contributed by atoms with Gasteiger partial charge in [0, 0.05) is 30.3 Å². The van der Waals surface area contributed by atoms with Crippen molar-refractivity contribution in [3.8, 4) is 11.5 Å². The van der Waals surface area contributed by atoms with E-state index >= 15 is 0 Å². The lowest BCUT2D eigenvalue weighted by Gasteiger charge is -2.18. The number of amides is 1. The van der Waals surface area contributed by atoms with Crippen LogP contribution >= 0.6 is 0 Å². The first-order valence-corrected chi connectivity index (χ1v) is 9.94. The fourth-order valence-electron chi connectivity index (χ4n) is 3.68. The molecule has 1 heterocycles. The highest BCUT2D eigenvalue weighted by atomic mass is 16.5. The van der Waals surface area contributed by atoms with Crippen LogP contribution in [0.5, 0.6) is 11.5 Å². The van der Waals surface area contributed by atoms with Crippen LogP contribution in [0.1, 0.15) is 49.7 Å². The van der Waals surface area contributed by atoms with Crippen molar-refractivity contribution in [3.63, 3.8) is 0 Å². The summed E-state index contributed by atoms with van der Waals surface area (Å²) in [6.45, 7) is 10.8. The number of rotatable bonds is 6. The van der Waals surface area contributed by atoms with Crippen molar-refractivity contribution in [2.75, 3.05) is 19.5 Å². The van der Waals surface area contributed by atoms with Crippen molar-refractivity contribution in [2.24, 2.45) is 0 Å². The van der Waals surface area contributed by atoms with Crippen LogP contribution in [0.2, 0.25) is 0 Å². The molecule has 5 nitrogen and oxygen atoms in total. The molecule has 5 heteroatoms. The molecule has 0 saturated carbocycles. The molecule has 1 amide bonds. The molecule has 0 bridgehead atoms. The molecule has 3 rings (SSSR count). The number of carbonyl (C=O) groups is 1. The highest BCUT2D eigenvalue weighted by Gasteiger charge is 2.17. The van der Waals surface area contributed by atoms with Crippen LogP contribution < -0.4 is 14.8 Å². The second kappa shape index (κ2) is 8.66. The van der Waals surface area contributed by atoms with Crippen LogP contribution in [0.15, 0.2) is 34.7 Å². The molecule has 30 heavy (non-hydrogen) atoms. The summed E-state index contributed by atoms with van der Waals surface area (Å²) in [6, 6.07) is 8.78. The van der Waals surface area contributed by atoms with Crippen molar-refractivity contribution in [3.05, 3.63) is 75.2 Å². The molecular formula is C25H29NO4. The number of carbonyl (C=O) groups excluding carboxylic acids is 1. The van der Waals surface area contributed by atoms with Gasteiger partial charge in [-0.2, -0.15) is 0 Å². The largest absolute Gasteiger partial charge is 0.497 e. The van der Waals surface area contributed by atoms with Gasteiger partial charge in [-0.1, -0.05) is 0 Å². The minimum atomic E-state index is -0.318.